The molecule has 0 saturated carbocycles. The summed E-state index contributed by atoms with van der Waals surface area (Å²) in [5, 5.41) is 12.1. The molecule has 1 N–H and O–H groups in total. The quantitative estimate of drug-likeness (QED) is 0.768. The Hall–Kier alpha value is -1.28. The fourth-order valence-electron chi connectivity index (χ4n) is 1.61. The van der Waals surface area contributed by atoms with Crippen molar-refractivity contribution in [3.8, 4) is 0 Å². The summed E-state index contributed by atoms with van der Waals surface area (Å²) >= 11 is 13.2. The van der Waals surface area contributed by atoms with Crippen LogP contribution in [0.15, 0.2) is 29.7 Å². The predicted molar refractivity (Wildman–Crippen MR) is 87.7 cm³/mol. The van der Waals surface area contributed by atoms with Gasteiger partial charge in [0.1, 0.15) is 6.33 Å². The number of hydrogen-bond acceptors (Lipinski definition) is 5. The van der Waals surface area contributed by atoms with Crippen LogP contribution in [-0.4, -0.2) is 40.1 Å². The molecule has 2 aromatic rings. The van der Waals surface area contributed by atoms with Crippen LogP contribution < -0.4 is 5.32 Å². The third-order valence-electron chi connectivity index (χ3n) is 2.65. The summed E-state index contributed by atoms with van der Waals surface area (Å²) in [5.74, 6) is -0.00964. The zero-order chi connectivity index (χ0) is 15.9. The number of aromatic nitrogens is 3. The van der Waals surface area contributed by atoms with E-state index < -0.39 is 0 Å². The summed E-state index contributed by atoms with van der Waals surface area (Å²) in [4.78, 5) is 12.0. The number of nitrogens with zero attached hydrogens (tertiary/aromatic N) is 3. The maximum absolute atomic E-state index is 12.0. The van der Waals surface area contributed by atoms with Crippen molar-refractivity contribution < 1.29 is 9.53 Å². The highest BCUT2D eigenvalue weighted by atomic mass is 35.5. The number of carbonyl (C=O) groups is 1. The van der Waals surface area contributed by atoms with E-state index in [1.165, 1.54) is 11.8 Å². The number of rotatable bonds is 7. The number of benzene rings is 1. The molecule has 6 nitrogen and oxygen atoms in total. The molecule has 0 unspecified atom stereocenters. The Balaban J connectivity index is 1.90. The lowest BCUT2D eigenvalue weighted by atomic mass is 10.3. The van der Waals surface area contributed by atoms with Gasteiger partial charge < -0.3 is 14.6 Å². The average Bonchev–Trinajstić information content (AvgIpc) is 2.94. The van der Waals surface area contributed by atoms with E-state index in [-0.39, 0.29) is 11.7 Å². The Morgan fingerprint density at radius 3 is 3.05 bits per heavy atom. The number of methoxy groups -OCH3 is 1. The Labute approximate surface area is 142 Å². The van der Waals surface area contributed by atoms with Crippen LogP contribution in [0.1, 0.15) is 0 Å². The van der Waals surface area contributed by atoms with Crippen LogP contribution >= 0.6 is 35.0 Å². The minimum absolute atomic E-state index is 0.189. The standard InChI is InChI=1S/C13H14Cl2N4O2S/c1-21-5-4-19-8-16-18-13(19)22-7-12(20)17-11-6-9(14)2-3-10(11)15/h2-3,6,8H,4-5,7H2,1H3,(H,17,20). The van der Waals surface area contributed by atoms with E-state index in [0.29, 0.717) is 34.0 Å². The van der Waals surface area contributed by atoms with Crippen molar-refractivity contribution in [2.75, 3.05) is 24.8 Å². The first-order valence-corrected chi connectivity index (χ1v) is 8.08. The van der Waals surface area contributed by atoms with Gasteiger partial charge in [-0.25, -0.2) is 0 Å². The van der Waals surface area contributed by atoms with E-state index in [1.807, 2.05) is 4.57 Å². The van der Waals surface area contributed by atoms with Crippen LogP contribution in [0.5, 0.6) is 0 Å². The zero-order valence-electron chi connectivity index (χ0n) is 11.8. The van der Waals surface area contributed by atoms with Crippen LogP contribution in [0, 0.1) is 0 Å². The normalized spacial score (nSPS) is 10.7. The van der Waals surface area contributed by atoms with Crippen molar-refractivity contribution in [3.05, 3.63) is 34.6 Å². The highest BCUT2D eigenvalue weighted by Gasteiger charge is 2.10. The topological polar surface area (TPSA) is 69.0 Å². The van der Waals surface area contributed by atoms with Gasteiger partial charge in [-0.3, -0.25) is 4.79 Å². The molecule has 0 aliphatic rings. The van der Waals surface area contributed by atoms with Gasteiger partial charge >= 0.3 is 0 Å². The minimum atomic E-state index is -0.199. The number of amides is 1. The van der Waals surface area contributed by atoms with E-state index in [2.05, 4.69) is 15.5 Å². The molecule has 9 heteroatoms. The van der Waals surface area contributed by atoms with Crippen molar-refractivity contribution >= 4 is 46.6 Å². The molecule has 0 atom stereocenters. The number of ether oxygens (including phenoxy) is 1. The van der Waals surface area contributed by atoms with E-state index in [1.54, 1.807) is 31.6 Å². The molecule has 0 bridgehead atoms. The molecule has 0 saturated heterocycles. The second-order valence-electron chi connectivity index (χ2n) is 4.26. The van der Waals surface area contributed by atoms with E-state index >= 15 is 0 Å². The summed E-state index contributed by atoms with van der Waals surface area (Å²) in [6.07, 6.45) is 1.60. The minimum Gasteiger partial charge on any atom is -0.383 e. The van der Waals surface area contributed by atoms with E-state index in [9.17, 15) is 4.79 Å². The van der Waals surface area contributed by atoms with Gasteiger partial charge in [-0.2, -0.15) is 0 Å². The number of hydrogen-bond donors (Lipinski definition) is 1. The van der Waals surface area contributed by atoms with Gasteiger partial charge in [0, 0.05) is 18.7 Å². The van der Waals surface area contributed by atoms with Gasteiger partial charge in [0.2, 0.25) is 5.91 Å². The Bertz CT molecular complexity index is 651. The fraction of sp³-hybridized carbons (Fsp3) is 0.308. The maximum Gasteiger partial charge on any atom is 0.234 e. The van der Waals surface area contributed by atoms with Crippen LogP contribution in [0.4, 0.5) is 5.69 Å². The third kappa shape index (κ3) is 4.88. The van der Waals surface area contributed by atoms with Crippen LogP contribution in [-0.2, 0) is 16.1 Å². The zero-order valence-corrected chi connectivity index (χ0v) is 14.1. The smallest absolute Gasteiger partial charge is 0.234 e. The molecular formula is C13H14Cl2N4O2S. The molecule has 0 fully saturated rings. The Morgan fingerprint density at radius 2 is 2.27 bits per heavy atom. The molecule has 0 spiro atoms. The molecule has 1 aromatic heterocycles. The van der Waals surface area contributed by atoms with Crippen molar-refractivity contribution in [2.45, 2.75) is 11.7 Å². The summed E-state index contributed by atoms with van der Waals surface area (Å²) in [5.41, 5.74) is 0.487. The van der Waals surface area contributed by atoms with Crippen LogP contribution in [0.3, 0.4) is 0 Å². The number of thioether (sulfide) groups is 1. The first kappa shape index (κ1) is 17.1. The number of halogens is 2. The van der Waals surface area contributed by atoms with Gasteiger partial charge in [0.25, 0.3) is 0 Å². The van der Waals surface area contributed by atoms with Gasteiger partial charge in [-0.15, -0.1) is 10.2 Å². The van der Waals surface area contributed by atoms with E-state index in [0.717, 1.165) is 0 Å². The van der Waals surface area contributed by atoms with Crippen molar-refractivity contribution in [3.63, 3.8) is 0 Å². The fourth-order valence-corrected chi connectivity index (χ4v) is 2.69. The molecule has 2 rings (SSSR count). The van der Waals surface area contributed by atoms with E-state index in [4.69, 9.17) is 27.9 Å². The highest BCUT2D eigenvalue weighted by Crippen LogP contribution is 2.25. The molecule has 0 radical (unpaired) electrons. The third-order valence-corrected chi connectivity index (χ3v) is 4.20. The first-order chi connectivity index (χ1) is 10.6. The number of carbonyl (C=O) groups excluding carboxylic acids is 1. The Morgan fingerprint density at radius 1 is 1.45 bits per heavy atom. The van der Waals surface area contributed by atoms with Gasteiger partial charge in [0.05, 0.1) is 23.1 Å². The second-order valence-corrected chi connectivity index (χ2v) is 6.05. The largest absolute Gasteiger partial charge is 0.383 e. The lowest BCUT2D eigenvalue weighted by Crippen LogP contribution is -2.15. The lowest BCUT2D eigenvalue weighted by molar-refractivity contribution is -0.113. The van der Waals surface area contributed by atoms with Crippen LogP contribution in [0.25, 0.3) is 0 Å². The van der Waals surface area contributed by atoms with Gasteiger partial charge in [0.15, 0.2) is 5.16 Å². The summed E-state index contributed by atoms with van der Waals surface area (Å²) < 4.78 is 6.83. The van der Waals surface area contributed by atoms with Crippen molar-refractivity contribution in [1.82, 2.24) is 14.8 Å². The number of anilines is 1. The van der Waals surface area contributed by atoms with Gasteiger partial charge in [-0.05, 0) is 18.2 Å². The summed E-state index contributed by atoms with van der Waals surface area (Å²) in [7, 11) is 1.62. The molecule has 0 aliphatic carbocycles. The lowest BCUT2D eigenvalue weighted by Gasteiger charge is -2.08. The van der Waals surface area contributed by atoms with Crippen molar-refractivity contribution in [2.24, 2.45) is 0 Å². The molecule has 1 aromatic carbocycles. The Kier molecular flexibility index (Phi) is 6.50. The monoisotopic (exact) mass is 360 g/mol. The van der Waals surface area contributed by atoms with Crippen LogP contribution in [0.2, 0.25) is 10.0 Å². The highest BCUT2D eigenvalue weighted by molar-refractivity contribution is 7.99. The molecule has 0 aliphatic heterocycles. The maximum atomic E-state index is 12.0. The summed E-state index contributed by atoms with van der Waals surface area (Å²) in [6, 6.07) is 4.90. The number of nitrogens with one attached hydrogen (secondary N) is 1. The molecule has 22 heavy (non-hydrogen) atoms. The molecule has 1 heterocycles. The molecular weight excluding hydrogens is 347 g/mol. The summed E-state index contributed by atoms with van der Waals surface area (Å²) in [6.45, 7) is 1.18. The molecule has 118 valence electrons. The SMILES string of the molecule is COCCn1cnnc1SCC(=O)Nc1cc(Cl)ccc1Cl. The predicted octanol–water partition coefficient (Wildman–Crippen LogP) is 2.96. The van der Waals surface area contributed by atoms with Crippen molar-refractivity contribution in [1.29, 1.82) is 0 Å². The van der Waals surface area contributed by atoms with Gasteiger partial charge in [-0.1, -0.05) is 35.0 Å². The first-order valence-electron chi connectivity index (χ1n) is 6.34. The average molecular weight is 361 g/mol. The molecule has 1 amide bonds. The second kappa shape index (κ2) is 8.38.